The van der Waals surface area contributed by atoms with Crippen LogP contribution in [0.3, 0.4) is 0 Å². The van der Waals surface area contributed by atoms with Gasteiger partial charge in [0.2, 0.25) is 0 Å². The molecule has 0 aromatic heterocycles. The Morgan fingerprint density at radius 3 is 1.18 bits per heavy atom. The summed E-state index contributed by atoms with van der Waals surface area (Å²) in [4.78, 5) is 0. The van der Waals surface area contributed by atoms with Crippen LogP contribution < -0.4 is 0 Å². The van der Waals surface area contributed by atoms with Crippen LogP contribution in [0.2, 0.25) is 16.6 Å². The molecule has 0 amide bonds. The lowest BCUT2D eigenvalue weighted by Crippen LogP contribution is -2.43. The van der Waals surface area contributed by atoms with Crippen LogP contribution in [0.5, 0.6) is 0 Å². The van der Waals surface area contributed by atoms with Crippen LogP contribution >= 0.6 is 15.9 Å². The monoisotopic (exact) mass is 696 g/mol. The number of hydrogen-bond donors (Lipinski definition) is 6. The van der Waals surface area contributed by atoms with E-state index in [1.165, 1.54) is 0 Å². The minimum atomic E-state index is -1.70. The Kier molecular flexibility index (Phi) is 18.2. The molecule has 0 saturated heterocycles. The van der Waals surface area contributed by atoms with Gasteiger partial charge in [-0.05, 0) is 69.7 Å². The second-order valence-electron chi connectivity index (χ2n) is 11.7. The van der Waals surface area contributed by atoms with Crippen LogP contribution in [-0.4, -0.2) is 58.5 Å². The molecule has 3 atom stereocenters. The van der Waals surface area contributed by atoms with E-state index in [0.717, 1.165) is 26.7 Å². The van der Waals surface area contributed by atoms with Crippen molar-refractivity contribution in [3.8, 4) is 23.8 Å². The minimum Gasteiger partial charge on any atom is -0.393 e. The topological polar surface area (TPSA) is 121 Å². The van der Waals surface area contributed by atoms with E-state index in [-0.39, 0.29) is 19.8 Å². The van der Waals surface area contributed by atoms with Gasteiger partial charge in [-0.25, -0.2) is 0 Å². The van der Waals surface area contributed by atoms with Gasteiger partial charge in [-0.2, -0.15) is 0 Å². The van der Waals surface area contributed by atoms with Crippen molar-refractivity contribution < 1.29 is 30.6 Å². The number of halogens is 1. The fraction of sp³-hybridized carbons (Fsp3) is 0.405. The molecule has 244 valence electrons. The number of terminal acetylenes is 1. The van der Waals surface area contributed by atoms with E-state index in [1.54, 1.807) is 36.4 Å². The molecule has 0 saturated carbocycles. The summed E-state index contributed by atoms with van der Waals surface area (Å²) >= 11 is 3.27. The van der Waals surface area contributed by atoms with Crippen molar-refractivity contribution in [1.82, 2.24) is 0 Å². The highest BCUT2D eigenvalue weighted by Gasteiger charge is 2.41. The summed E-state index contributed by atoms with van der Waals surface area (Å²) in [6.07, 6.45) is 2.77. The van der Waals surface area contributed by atoms with E-state index >= 15 is 0 Å². The Bertz CT molecular complexity index is 1330. The van der Waals surface area contributed by atoms with E-state index in [1.807, 2.05) is 36.4 Å². The van der Waals surface area contributed by atoms with Crippen LogP contribution in [0.4, 0.5) is 0 Å². The van der Waals surface area contributed by atoms with Crippen molar-refractivity contribution in [2.45, 2.75) is 76.5 Å². The predicted octanol–water partition coefficient (Wildman–Crippen LogP) is 6.45. The predicted molar refractivity (Wildman–Crippen MR) is 189 cm³/mol. The summed E-state index contributed by atoms with van der Waals surface area (Å²) in [5.74, 6) is 5.85. The van der Waals surface area contributed by atoms with E-state index in [2.05, 4.69) is 74.9 Å². The quantitative estimate of drug-likeness (QED) is 0.113. The third kappa shape index (κ3) is 12.5. The highest BCUT2D eigenvalue weighted by atomic mass is 79.9. The van der Waals surface area contributed by atoms with Gasteiger partial charge in [-0.15, -0.1) is 12.0 Å². The van der Waals surface area contributed by atoms with Gasteiger partial charge in [0.25, 0.3) is 0 Å². The number of benzene rings is 3. The molecule has 0 heterocycles. The van der Waals surface area contributed by atoms with Crippen molar-refractivity contribution in [2.75, 3.05) is 19.8 Å². The van der Waals surface area contributed by atoms with Gasteiger partial charge in [0.05, 0.1) is 19.8 Å². The van der Waals surface area contributed by atoms with Crippen LogP contribution in [0.1, 0.15) is 87.7 Å². The van der Waals surface area contributed by atoms with Crippen molar-refractivity contribution >= 4 is 24.0 Å². The fourth-order valence-electron chi connectivity index (χ4n) is 5.20. The zero-order valence-electron chi connectivity index (χ0n) is 27.2. The first-order valence-corrected chi connectivity index (χ1v) is 18.1. The van der Waals surface area contributed by atoms with Crippen LogP contribution in [0.15, 0.2) is 77.3 Å². The molecule has 8 heteroatoms. The summed E-state index contributed by atoms with van der Waals surface area (Å²) in [5.41, 5.74) is 9.44. The average Bonchev–Trinajstić information content (AvgIpc) is 3.04. The van der Waals surface area contributed by atoms with E-state index in [0.29, 0.717) is 22.2 Å². The first-order chi connectivity index (χ1) is 21.3. The summed E-state index contributed by atoms with van der Waals surface area (Å²) in [7, 11) is -1.70. The SMILES string of the molecule is C#Cc1ccc([C@@H](O)CO)cc1.CC(C)[Si](C#Cc1ccc([C@@H](O)CO)cc1)(C(C)C)C(C)C.OC[C@H](O)c1ccc(Br)cc1. The lowest BCUT2D eigenvalue weighted by atomic mass is 10.1. The maximum atomic E-state index is 9.62. The first-order valence-electron chi connectivity index (χ1n) is 15.1. The second-order valence-corrected chi connectivity index (χ2v) is 18.2. The lowest BCUT2D eigenvalue weighted by molar-refractivity contribution is 0.0956. The third-order valence-electron chi connectivity index (χ3n) is 7.82. The van der Waals surface area contributed by atoms with Crippen molar-refractivity contribution in [1.29, 1.82) is 0 Å². The van der Waals surface area contributed by atoms with Crippen LogP contribution in [-0.2, 0) is 0 Å². The molecular weight excluding hydrogens is 648 g/mol. The number of aliphatic hydroxyl groups excluding tert-OH is 6. The molecule has 0 aliphatic carbocycles. The van der Waals surface area contributed by atoms with Crippen LogP contribution in [0.25, 0.3) is 0 Å². The molecule has 0 bridgehead atoms. The van der Waals surface area contributed by atoms with Gasteiger partial charge >= 0.3 is 0 Å². The van der Waals surface area contributed by atoms with Crippen LogP contribution in [0, 0.1) is 23.8 Å². The number of aliphatic hydroxyl groups is 6. The van der Waals surface area contributed by atoms with Gasteiger partial charge < -0.3 is 30.6 Å². The van der Waals surface area contributed by atoms with Gasteiger partial charge in [0.1, 0.15) is 26.4 Å². The highest BCUT2D eigenvalue weighted by molar-refractivity contribution is 9.10. The van der Waals surface area contributed by atoms with Crippen molar-refractivity contribution in [3.05, 3.63) is 105 Å². The zero-order chi connectivity index (χ0) is 34.2. The number of hydrogen-bond acceptors (Lipinski definition) is 6. The van der Waals surface area contributed by atoms with Gasteiger partial charge in [0.15, 0.2) is 0 Å². The maximum absolute atomic E-state index is 9.62. The first kappa shape index (κ1) is 40.3. The Balaban J connectivity index is 0.000000370. The Morgan fingerprint density at radius 1 is 0.578 bits per heavy atom. The summed E-state index contributed by atoms with van der Waals surface area (Å²) < 4.78 is 0.964. The standard InChI is InChI=1S/C19H30O2Si.C10H10O2.C8H9BrO2/c1-14(2)22(15(3)4,16(5)6)12-11-17-7-9-18(10-8-17)19(21)13-20;1-2-8-3-5-9(6-4-8)10(12)7-11;9-7-3-1-6(2-4-7)8(11)5-10/h7-10,14-16,19-21H,13H2,1-6H3;1,3-6,10-12H,7H2;1-4,8,10-11H,5H2/t19-;10-;8-/m000/s1. The smallest absolute Gasteiger partial charge is 0.146 e. The average molecular weight is 698 g/mol. The molecule has 6 nitrogen and oxygen atoms in total. The second kappa shape index (κ2) is 20.4. The minimum absolute atomic E-state index is 0.234. The molecule has 0 aliphatic heterocycles. The molecule has 0 unspecified atom stereocenters. The maximum Gasteiger partial charge on any atom is 0.146 e. The Labute approximate surface area is 279 Å². The molecule has 3 aromatic rings. The van der Waals surface area contributed by atoms with E-state index < -0.39 is 26.4 Å². The molecule has 3 aromatic carbocycles. The Hall–Kier alpha value is -2.76. The van der Waals surface area contributed by atoms with Gasteiger partial charge in [0, 0.05) is 15.6 Å². The molecular formula is C37H49BrO6Si. The fourth-order valence-corrected chi connectivity index (χ4v) is 10.7. The largest absolute Gasteiger partial charge is 0.393 e. The molecule has 0 fully saturated rings. The highest BCUT2D eigenvalue weighted by Crippen LogP contribution is 2.40. The molecule has 3 rings (SSSR count). The molecule has 45 heavy (non-hydrogen) atoms. The molecule has 0 spiro atoms. The van der Waals surface area contributed by atoms with Gasteiger partial charge in [-0.3, -0.25) is 0 Å². The Morgan fingerprint density at radius 2 is 0.889 bits per heavy atom. The van der Waals surface area contributed by atoms with Crippen molar-refractivity contribution in [3.63, 3.8) is 0 Å². The van der Waals surface area contributed by atoms with E-state index in [9.17, 15) is 10.2 Å². The molecule has 0 aliphatic rings. The normalized spacial score (nSPS) is 13.0. The zero-order valence-corrected chi connectivity index (χ0v) is 29.7. The van der Waals surface area contributed by atoms with E-state index in [4.69, 9.17) is 26.8 Å². The lowest BCUT2D eigenvalue weighted by Gasteiger charge is -2.38. The summed E-state index contributed by atoms with van der Waals surface area (Å²) in [6, 6.07) is 21.6. The van der Waals surface area contributed by atoms with Crippen molar-refractivity contribution in [2.24, 2.45) is 0 Å². The molecule has 0 radical (unpaired) electrons. The number of rotatable bonds is 9. The summed E-state index contributed by atoms with van der Waals surface area (Å²) in [5, 5.41) is 54.2. The van der Waals surface area contributed by atoms with Gasteiger partial charge in [-0.1, -0.05) is 106 Å². The summed E-state index contributed by atoms with van der Waals surface area (Å²) in [6.45, 7) is 13.1. The molecule has 6 N–H and O–H groups in total. The third-order valence-corrected chi connectivity index (χ3v) is 14.6.